The number of oxime groups is 1. The van der Waals surface area contributed by atoms with Crippen LogP contribution < -0.4 is 14.8 Å². The first kappa shape index (κ1) is 40.7. The molecule has 3 N–H and O–H groups in total. The van der Waals surface area contributed by atoms with Crippen molar-refractivity contribution < 1.29 is 39.0 Å². The third kappa shape index (κ3) is 9.39. The van der Waals surface area contributed by atoms with Gasteiger partial charge < -0.3 is 34.6 Å². The molecule has 2 fully saturated rings. The van der Waals surface area contributed by atoms with Gasteiger partial charge in [-0.3, -0.25) is 10.1 Å². The number of hydrogen-bond donors (Lipinski definition) is 3. The summed E-state index contributed by atoms with van der Waals surface area (Å²) in [6.45, 7) is 6.94. The van der Waals surface area contributed by atoms with Gasteiger partial charge in [0.25, 0.3) is 5.69 Å². The van der Waals surface area contributed by atoms with Crippen LogP contribution in [0, 0.1) is 27.9 Å². The fraction of sp³-hybridized carbons (Fsp3) is 0.571. The molecule has 1 amide bonds. The molecule has 13 heteroatoms. The summed E-state index contributed by atoms with van der Waals surface area (Å²) in [4.78, 5) is 29.5. The second kappa shape index (κ2) is 19.3. The zero-order valence-corrected chi connectivity index (χ0v) is 32.6. The number of allylic oxidation sites excluding steroid dienone is 1. The Morgan fingerprint density at radius 1 is 1.11 bits per heavy atom. The molecule has 6 atom stereocenters. The SMILES string of the molecule is C=CCOC12Oc3ccc(OC(=O)NCC)cc3C3C(CCCCO)C(CCCCO)C=C(C(=NOCc4ccc([N+](=O)[O-])cc4)CC1SC1CCCC1)C32. The maximum atomic E-state index is 12.6. The van der Waals surface area contributed by atoms with Crippen LogP contribution in [0.25, 0.3) is 0 Å². The van der Waals surface area contributed by atoms with E-state index in [-0.39, 0.29) is 61.0 Å². The largest absolute Gasteiger partial charge is 0.460 e. The van der Waals surface area contributed by atoms with E-state index in [2.05, 4.69) is 18.0 Å². The summed E-state index contributed by atoms with van der Waals surface area (Å²) >= 11 is 1.92. The second-order valence-corrected chi connectivity index (χ2v) is 16.4. The molecule has 3 aliphatic carbocycles. The summed E-state index contributed by atoms with van der Waals surface area (Å²) in [7, 11) is 0. The molecule has 0 radical (unpaired) electrons. The molecule has 2 aromatic carbocycles. The number of rotatable bonds is 19. The number of nitrogens with one attached hydrogen (secondary N) is 1. The van der Waals surface area contributed by atoms with Crippen LogP contribution in [0.15, 0.2) is 71.9 Å². The molecule has 12 nitrogen and oxygen atoms in total. The maximum absolute atomic E-state index is 12.6. The Labute approximate surface area is 327 Å². The number of ether oxygens (including phenoxy) is 3. The number of benzene rings is 2. The van der Waals surface area contributed by atoms with Crippen LogP contribution in [0.1, 0.15) is 94.6 Å². The maximum Gasteiger partial charge on any atom is 0.412 e. The van der Waals surface area contributed by atoms with Gasteiger partial charge in [0.1, 0.15) is 18.1 Å². The predicted octanol–water partition coefficient (Wildman–Crippen LogP) is 8.21. The van der Waals surface area contributed by atoms with Gasteiger partial charge in [0, 0.05) is 55.0 Å². The van der Waals surface area contributed by atoms with E-state index in [1.165, 1.54) is 25.0 Å². The summed E-state index contributed by atoms with van der Waals surface area (Å²) in [5, 5.41) is 38.7. The van der Waals surface area contributed by atoms with Crippen LogP contribution in [0.5, 0.6) is 11.5 Å². The average molecular weight is 778 g/mol. The lowest BCUT2D eigenvalue weighted by atomic mass is 9.56. The Morgan fingerprint density at radius 2 is 1.85 bits per heavy atom. The monoisotopic (exact) mass is 777 g/mol. The van der Waals surface area contributed by atoms with Crippen LogP contribution in [-0.2, 0) is 16.2 Å². The number of nitro benzene ring substituents is 1. The molecule has 55 heavy (non-hydrogen) atoms. The summed E-state index contributed by atoms with van der Waals surface area (Å²) in [5.41, 5.74) is 3.56. The number of aliphatic hydroxyl groups is 2. The first-order valence-corrected chi connectivity index (χ1v) is 20.8. The molecule has 298 valence electrons. The lowest BCUT2D eigenvalue weighted by molar-refractivity contribution is -0.384. The van der Waals surface area contributed by atoms with Gasteiger partial charge >= 0.3 is 6.09 Å². The molecule has 0 spiro atoms. The minimum absolute atomic E-state index is 0.0151. The number of thioether (sulfide) groups is 1. The van der Waals surface area contributed by atoms with E-state index >= 15 is 0 Å². The van der Waals surface area contributed by atoms with E-state index in [0.717, 1.165) is 60.9 Å². The van der Waals surface area contributed by atoms with Crippen LogP contribution in [0.4, 0.5) is 10.5 Å². The quantitative estimate of drug-likeness (QED) is 0.0549. The molecule has 0 bridgehead atoms. The molecule has 6 unspecified atom stereocenters. The Kier molecular flexibility index (Phi) is 14.3. The molecule has 1 heterocycles. The van der Waals surface area contributed by atoms with Gasteiger partial charge in [0.05, 0.1) is 28.4 Å². The minimum Gasteiger partial charge on any atom is -0.460 e. The highest BCUT2D eigenvalue weighted by atomic mass is 32.2. The number of aliphatic hydroxyl groups excluding tert-OH is 2. The van der Waals surface area contributed by atoms with Crippen molar-refractivity contribution in [3.05, 3.63) is 88.0 Å². The van der Waals surface area contributed by atoms with Crippen molar-refractivity contribution in [2.45, 2.75) is 106 Å². The van der Waals surface area contributed by atoms with Gasteiger partial charge in [-0.25, -0.2) is 4.79 Å². The normalized spacial score (nSPS) is 26.3. The number of nitrogens with zero attached hydrogens (tertiary/aromatic N) is 2. The molecular formula is C42H55N3O9S. The fourth-order valence-corrected chi connectivity index (χ4v) is 10.7. The van der Waals surface area contributed by atoms with E-state index < -0.39 is 16.8 Å². The van der Waals surface area contributed by atoms with Gasteiger partial charge in [0.2, 0.25) is 5.79 Å². The topological polar surface area (TPSA) is 162 Å². The van der Waals surface area contributed by atoms with E-state index in [9.17, 15) is 25.1 Å². The van der Waals surface area contributed by atoms with Crippen molar-refractivity contribution in [1.82, 2.24) is 5.32 Å². The molecule has 6 rings (SSSR count). The number of nitro groups is 1. The number of amides is 1. The Hall–Kier alpha value is -3.91. The van der Waals surface area contributed by atoms with E-state index in [4.69, 9.17) is 24.2 Å². The molecule has 2 saturated carbocycles. The lowest BCUT2D eigenvalue weighted by Gasteiger charge is -2.58. The molecule has 0 saturated heterocycles. The summed E-state index contributed by atoms with van der Waals surface area (Å²) in [5.74, 6) is -0.165. The molecule has 1 aliphatic heterocycles. The fourth-order valence-electron chi connectivity index (χ4n) is 8.95. The van der Waals surface area contributed by atoms with Crippen molar-refractivity contribution >= 4 is 29.3 Å². The van der Waals surface area contributed by atoms with Crippen LogP contribution in [0.3, 0.4) is 0 Å². The number of unbranched alkanes of at least 4 members (excludes halogenated alkanes) is 2. The molecule has 0 aromatic heterocycles. The van der Waals surface area contributed by atoms with Crippen molar-refractivity contribution in [3.8, 4) is 11.5 Å². The van der Waals surface area contributed by atoms with E-state index in [1.807, 2.05) is 30.8 Å². The van der Waals surface area contributed by atoms with Crippen LogP contribution in [-0.4, -0.2) is 69.6 Å². The summed E-state index contributed by atoms with van der Waals surface area (Å²) in [6.07, 6.45) is 13.5. The minimum atomic E-state index is -1.07. The Bertz CT molecular complexity index is 1700. The van der Waals surface area contributed by atoms with Crippen LogP contribution >= 0.6 is 11.8 Å². The average Bonchev–Trinajstić information content (AvgIpc) is 3.70. The number of non-ortho nitro benzene ring substituents is 1. The van der Waals surface area contributed by atoms with Crippen molar-refractivity contribution in [1.29, 1.82) is 0 Å². The zero-order chi connectivity index (χ0) is 38.8. The van der Waals surface area contributed by atoms with Crippen molar-refractivity contribution in [3.63, 3.8) is 0 Å². The van der Waals surface area contributed by atoms with Crippen LogP contribution in [0.2, 0.25) is 0 Å². The third-order valence-electron chi connectivity index (χ3n) is 11.4. The number of hydrogen-bond acceptors (Lipinski definition) is 11. The highest BCUT2D eigenvalue weighted by Crippen LogP contribution is 2.63. The Balaban J connectivity index is 1.49. The predicted molar refractivity (Wildman–Crippen MR) is 212 cm³/mol. The first-order chi connectivity index (χ1) is 26.8. The molecule has 4 aliphatic rings. The van der Waals surface area contributed by atoms with E-state index in [0.29, 0.717) is 42.6 Å². The van der Waals surface area contributed by atoms with Gasteiger partial charge in [-0.2, -0.15) is 0 Å². The molecule has 2 aromatic rings. The smallest absolute Gasteiger partial charge is 0.412 e. The second-order valence-electron chi connectivity index (χ2n) is 14.9. The number of fused-ring (bicyclic) bond motifs is 2. The highest BCUT2D eigenvalue weighted by molar-refractivity contribution is 8.00. The summed E-state index contributed by atoms with van der Waals surface area (Å²) in [6, 6.07) is 11.9. The van der Waals surface area contributed by atoms with Gasteiger partial charge in [-0.15, -0.1) is 18.3 Å². The number of carbonyl (C=O) groups is 1. The lowest BCUT2D eigenvalue weighted by Crippen LogP contribution is -2.64. The summed E-state index contributed by atoms with van der Waals surface area (Å²) < 4.78 is 20.0. The molecular weight excluding hydrogens is 723 g/mol. The van der Waals surface area contributed by atoms with E-state index in [1.54, 1.807) is 24.3 Å². The highest BCUT2D eigenvalue weighted by Gasteiger charge is 2.64. The number of carbonyl (C=O) groups excluding carboxylic acids is 1. The van der Waals surface area contributed by atoms with Gasteiger partial charge in [-0.05, 0) is 98.8 Å². The standard InChI is InChI=1S/C42H55N3O9S/c1-3-23-51-42-38(55-32-12-5-6-13-32)26-36(44-52-27-28-15-17-30(18-16-28)45(49)50)34-24-29(11-7-9-21-46)33(14-8-10-22-47)39(40(34)42)35-25-31(19-20-37(35)54-42)53-41(48)43-4-2/h3,15-20,24-25,29,32-33,38-40,46-47H,1,4-14,21-23,26-27H2,2H3,(H,43,48). The Morgan fingerprint density at radius 3 is 2.55 bits per heavy atom. The first-order valence-electron chi connectivity index (χ1n) is 19.9. The van der Waals surface area contributed by atoms with Gasteiger partial charge in [-0.1, -0.05) is 43.0 Å². The van der Waals surface area contributed by atoms with Crippen molar-refractivity contribution in [2.75, 3.05) is 26.4 Å². The zero-order valence-electron chi connectivity index (χ0n) is 31.7. The van der Waals surface area contributed by atoms with Crippen molar-refractivity contribution in [2.24, 2.45) is 22.9 Å². The van der Waals surface area contributed by atoms with Gasteiger partial charge in [0.15, 0.2) is 0 Å². The third-order valence-corrected chi connectivity index (χ3v) is 13.0.